The van der Waals surface area contributed by atoms with Gasteiger partial charge in [0, 0.05) is 12.8 Å². The van der Waals surface area contributed by atoms with Gasteiger partial charge in [-0.2, -0.15) is 0 Å². The number of amides is 4. The molecule has 1 aliphatic rings. The van der Waals surface area contributed by atoms with E-state index in [2.05, 4.69) is 31.1 Å². The van der Waals surface area contributed by atoms with E-state index in [9.17, 15) is 43.5 Å². The number of aliphatic hydroxyl groups excluding tert-OH is 1. The van der Waals surface area contributed by atoms with Crippen LogP contribution in [0, 0.1) is 5.92 Å². The summed E-state index contributed by atoms with van der Waals surface area (Å²) < 4.78 is 15.7. The number of carboxylic acid groups (broad SMARTS) is 1. The molecule has 1 aromatic carbocycles. The lowest BCUT2D eigenvalue weighted by atomic mass is 10.00. The second-order valence-electron chi connectivity index (χ2n) is 11.7. The molecule has 17 nitrogen and oxygen atoms in total. The number of aldehydes is 1. The predicted molar refractivity (Wildman–Crippen MR) is 166 cm³/mol. The maximum Gasteiger partial charge on any atom is 0.524 e. The van der Waals surface area contributed by atoms with E-state index in [1.165, 1.54) is 31.2 Å². The molecule has 2 rings (SSSR count). The fraction of sp³-hybridized carbons (Fsp3) is 0.586. The first-order chi connectivity index (χ1) is 22.0. The number of phosphoric acid groups is 1. The minimum absolute atomic E-state index is 0.115. The van der Waals surface area contributed by atoms with Gasteiger partial charge in [0.25, 0.3) is 0 Å². The largest absolute Gasteiger partial charge is 0.524 e. The van der Waals surface area contributed by atoms with Crippen LogP contribution in [-0.2, 0) is 39.8 Å². The molecule has 1 fully saturated rings. The monoisotopic (exact) mass is 685 g/mol. The van der Waals surface area contributed by atoms with Crippen LogP contribution in [0.5, 0.6) is 5.75 Å². The third-order valence-corrected chi connectivity index (χ3v) is 7.64. The Kier molecular flexibility index (Phi) is 15.4. The number of rotatable bonds is 19. The number of benzene rings is 1. The number of nitrogens with one attached hydrogen (secondary N) is 5. The first-order valence-electron chi connectivity index (χ1n) is 15.1. The lowest BCUT2D eigenvalue weighted by molar-refractivity contribution is -0.138. The second-order valence-corrected chi connectivity index (χ2v) is 12.9. The molecule has 0 bridgehead atoms. The highest BCUT2D eigenvalue weighted by Crippen LogP contribution is 2.37. The maximum absolute atomic E-state index is 13.7. The van der Waals surface area contributed by atoms with Crippen LogP contribution in [0.25, 0.3) is 0 Å². The van der Waals surface area contributed by atoms with Crippen molar-refractivity contribution in [2.75, 3.05) is 6.54 Å². The summed E-state index contributed by atoms with van der Waals surface area (Å²) in [4.78, 5) is 93.9. The molecule has 0 saturated carbocycles. The molecular formula is C29H44N5O12P. The number of carboxylic acids is 1. The van der Waals surface area contributed by atoms with Gasteiger partial charge in [-0.3, -0.25) is 33.8 Å². The van der Waals surface area contributed by atoms with Crippen molar-refractivity contribution in [1.82, 2.24) is 26.6 Å². The quantitative estimate of drug-likeness (QED) is 0.0618. The summed E-state index contributed by atoms with van der Waals surface area (Å²) in [6.45, 7) is 5.47. The maximum atomic E-state index is 13.7. The lowest BCUT2D eigenvalue weighted by Gasteiger charge is -2.27. The number of carbonyl (C=O) groups excluding carboxylic acids is 5. The highest BCUT2D eigenvalue weighted by molar-refractivity contribution is 7.46. The zero-order valence-corrected chi connectivity index (χ0v) is 27.3. The molecule has 1 aromatic rings. The van der Waals surface area contributed by atoms with Crippen LogP contribution < -0.4 is 31.1 Å². The van der Waals surface area contributed by atoms with Gasteiger partial charge in [0.2, 0.25) is 23.6 Å². The van der Waals surface area contributed by atoms with Crippen molar-refractivity contribution in [2.45, 2.75) is 95.6 Å². The molecular weight excluding hydrogens is 641 g/mol. The molecule has 4 amide bonds. The summed E-state index contributed by atoms with van der Waals surface area (Å²) in [5.41, 5.74) is 0.393. The first-order valence-corrected chi connectivity index (χ1v) is 16.7. The van der Waals surface area contributed by atoms with Crippen LogP contribution in [0.3, 0.4) is 0 Å². The number of aliphatic hydroxyl groups is 1. The van der Waals surface area contributed by atoms with Crippen molar-refractivity contribution in [3.05, 3.63) is 29.8 Å². The van der Waals surface area contributed by atoms with Crippen LogP contribution in [0.15, 0.2) is 24.3 Å². The fourth-order valence-corrected chi connectivity index (χ4v) is 5.16. The summed E-state index contributed by atoms with van der Waals surface area (Å²) in [5.74, 6) is -4.47. The first kappa shape index (κ1) is 39.3. The Balaban J connectivity index is 2.37. The molecule has 18 heteroatoms. The van der Waals surface area contributed by atoms with Gasteiger partial charge in [0.1, 0.15) is 36.2 Å². The van der Waals surface area contributed by atoms with E-state index in [0.29, 0.717) is 24.8 Å². The van der Waals surface area contributed by atoms with E-state index < -0.39 is 80.2 Å². The standard InChI is InChI=1S/C29H44N5O12P/c1-16(2)13-22(28(41)34-24(15-35)17(3)36)32-29(42)23(14-18-6-8-19(9-7-18)46-47(43,44)45)33-27(40)21(10-11-25(37)38)31-26(39)20-5-4-12-30-20/h6-9,15-17,20-24,30,36H,4-5,10-14H2,1-3H3,(H,31,39)(H,32,42)(H,33,40)(H,34,41)(H,37,38)(H2,43,44,45)/t17-,20+,21+,22+,23+,24-/m1/s1. The van der Waals surface area contributed by atoms with Crippen molar-refractivity contribution in [3.63, 3.8) is 0 Å². The van der Waals surface area contributed by atoms with Crippen LogP contribution in [0.2, 0.25) is 0 Å². The van der Waals surface area contributed by atoms with E-state index >= 15 is 0 Å². The molecule has 0 radical (unpaired) electrons. The molecule has 1 aliphatic heterocycles. The van der Waals surface area contributed by atoms with Crippen molar-refractivity contribution in [3.8, 4) is 5.75 Å². The average Bonchev–Trinajstić information content (AvgIpc) is 3.52. The van der Waals surface area contributed by atoms with Gasteiger partial charge in [0.05, 0.1) is 12.1 Å². The average molecular weight is 686 g/mol. The molecule has 9 N–H and O–H groups in total. The molecule has 47 heavy (non-hydrogen) atoms. The molecule has 0 unspecified atom stereocenters. The minimum atomic E-state index is -4.84. The molecule has 0 aliphatic carbocycles. The highest BCUT2D eigenvalue weighted by atomic mass is 31.2. The van der Waals surface area contributed by atoms with Crippen LogP contribution in [-0.4, -0.2) is 98.7 Å². The number of phosphoric ester groups is 1. The Morgan fingerprint density at radius 3 is 2.06 bits per heavy atom. The smallest absolute Gasteiger partial charge is 0.481 e. The Morgan fingerprint density at radius 2 is 1.55 bits per heavy atom. The van der Waals surface area contributed by atoms with Crippen molar-refractivity contribution in [2.24, 2.45) is 5.92 Å². The number of hydrogen-bond donors (Lipinski definition) is 9. The second kappa shape index (κ2) is 18.4. The molecule has 6 atom stereocenters. The van der Waals surface area contributed by atoms with Gasteiger partial charge in [-0.05, 0) is 62.8 Å². The van der Waals surface area contributed by atoms with E-state index in [4.69, 9.17) is 9.79 Å². The third-order valence-electron chi connectivity index (χ3n) is 7.19. The summed E-state index contributed by atoms with van der Waals surface area (Å²) in [5, 5.41) is 32.1. The zero-order chi connectivity index (χ0) is 35.3. The zero-order valence-electron chi connectivity index (χ0n) is 26.4. The van der Waals surface area contributed by atoms with Crippen molar-refractivity contribution < 1.29 is 57.9 Å². The number of carbonyl (C=O) groups is 6. The topological polar surface area (TPSA) is 270 Å². The summed E-state index contributed by atoms with van der Waals surface area (Å²) in [7, 11) is -4.84. The highest BCUT2D eigenvalue weighted by Gasteiger charge is 2.33. The predicted octanol–water partition coefficient (Wildman–Crippen LogP) is -1.12. The normalized spacial score (nSPS) is 17.8. The van der Waals surface area contributed by atoms with Crippen LogP contribution >= 0.6 is 7.82 Å². The Bertz CT molecular complexity index is 1300. The van der Waals surface area contributed by atoms with Gasteiger partial charge >= 0.3 is 13.8 Å². The van der Waals surface area contributed by atoms with Gasteiger partial charge < -0.3 is 46.1 Å². The number of hydrogen-bond acceptors (Lipinski definition) is 10. The van der Waals surface area contributed by atoms with E-state index in [-0.39, 0.29) is 30.9 Å². The van der Waals surface area contributed by atoms with E-state index in [1.807, 2.05) is 0 Å². The van der Waals surface area contributed by atoms with Gasteiger partial charge in [-0.15, -0.1) is 0 Å². The number of aliphatic carboxylic acids is 1. The molecule has 0 aromatic heterocycles. The lowest BCUT2D eigenvalue weighted by Crippen LogP contribution is -2.59. The van der Waals surface area contributed by atoms with Gasteiger partial charge in [-0.25, -0.2) is 4.57 Å². The van der Waals surface area contributed by atoms with Crippen molar-refractivity contribution in [1.29, 1.82) is 0 Å². The molecule has 262 valence electrons. The fourth-order valence-electron chi connectivity index (χ4n) is 4.77. The Hall–Kier alpha value is -3.89. The van der Waals surface area contributed by atoms with E-state index in [1.54, 1.807) is 13.8 Å². The molecule has 1 heterocycles. The minimum Gasteiger partial charge on any atom is -0.481 e. The van der Waals surface area contributed by atoms with Crippen LogP contribution in [0.1, 0.15) is 58.4 Å². The van der Waals surface area contributed by atoms with Crippen molar-refractivity contribution >= 4 is 43.7 Å². The molecule has 0 spiro atoms. The third kappa shape index (κ3) is 14.2. The Labute approximate surface area is 271 Å². The van der Waals surface area contributed by atoms with Gasteiger partial charge in [-0.1, -0.05) is 26.0 Å². The summed E-state index contributed by atoms with van der Waals surface area (Å²) in [6.07, 6.45) is -0.451. The van der Waals surface area contributed by atoms with Gasteiger partial charge in [0.15, 0.2) is 0 Å². The SMILES string of the molecule is CC(C)C[C@H](NC(=O)[C@H](Cc1ccc(OP(=O)(O)O)cc1)NC(=O)[C@H](CCC(=O)O)NC(=O)[C@@H]1CCCN1)C(=O)N[C@H](C=O)[C@@H](C)O. The summed E-state index contributed by atoms with van der Waals surface area (Å²) >= 11 is 0. The molecule has 1 saturated heterocycles. The summed E-state index contributed by atoms with van der Waals surface area (Å²) in [6, 6.07) is -0.485. The Morgan fingerprint density at radius 1 is 0.957 bits per heavy atom. The van der Waals surface area contributed by atoms with E-state index in [0.717, 1.165) is 6.42 Å². The van der Waals surface area contributed by atoms with Crippen LogP contribution in [0.4, 0.5) is 0 Å².